The van der Waals surface area contributed by atoms with E-state index in [1.807, 2.05) is 5.38 Å². The maximum absolute atomic E-state index is 12.5. The Morgan fingerprint density at radius 3 is 2.89 bits per heavy atom. The standard InChI is InChI=1S/C12H18ClNO2S2/c1-10-3-2-5-14(6-4-10)18(15,16)12-7-11(8-13)9-17-12/h7,9-10H,2-6,8H2,1H3. The summed E-state index contributed by atoms with van der Waals surface area (Å²) in [5.41, 5.74) is 0.878. The molecule has 18 heavy (non-hydrogen) atoms. The molecule has 2 rings (SSSR count). The summed E-state index contributed by atoms with van der Waals surface area (Å²) in [4.78, 5) is 0. The number of thiophene rings is 1. The van der Waals surface area contributed by atoms with Crippen LogP contribution in [0.4, 0.5) is 0 Å². The second kappa shape index (κ2) is 5.90. The fourth-order valence-corrected chi connectivity index (χ4v) is 5.26. The smallest absolute Gasteiger partial charge is 0.206 e. The van der Waals surface area contributed by atoms with Gasteiger partial charge in [0.2, 0.25) is 0 Å². The third-order valence-electron chi connectivity index (χ3n) is 3.35. The van der Waals surface area contributed by atoms with E-state index in [0.29, 0.717) is 29.1 Å². The first-order valence-corrected chi connectivity index (χ1v) is 9.03. The molecule has 6 heteroatoms. The molecule has 1 saturated heterocycles. The average Bonchev–Trinajstić information content (AvgIpc) is 2.72. The summed E-state index contributed by atoms with van der Waals surface area (Å²) < 4.78 is 27.0. The van der Waals surface area contributed by atoms with Crippen LogP contribution in [0.15, 0.2) is 15.7 Å². The molecule has 0 bridgehead atoms. The van der Waals surface area contributed by atoms with Crippen LogP contribution < -0.4 is 0 Å². The number of halogens is 1. The Labute approximate surface area is 118 Å². The second-order valence-electron chi connectivity index (χ2n) is 4.85. The van der Waals surface area contributed by atoms with Gasteiger partial charge in [0.1, 0.15) is 4.21 Å². The summed E-state index contributed by atoms with van der Waals surface area (Å²) in [6.45, 7) is 3.46. The van der Waals surface area contributed by atoms with E-state index in [-0.39, 0.29) is 0 Å². The lowest BCUT2D eigenvalue weighted by Crippen LogP contribution is -2.31. The van der Waals surface area contributed by atoms with Crippen molar-refractivity contribution in [2.75, 3.05) is 13.1 Å². The molecule has 0 amide bonds. The fraction of sp³-hybridized carbons (Fsp3) is 0.667. The zero-order valence-electron chi connectivity index (χ0n) is 10.4. The van der Waals surface area contributed by atoms with Gasteiger partial charge in [-0.1, -0.05) is 6.92 Å². The van der Waals surface area contributed by atoms with Gasteiger partial charge in [0, 0.05) is 19.0 Å². The zero-order valence-corrected chi connectivity index (χ0v) is 12.8. The van der Waals surface area contributed by atoms with Crippen LogP contribution in [0.2, 0.25) is 0 Å². The number of hydrogen-bond acceptors (Lipinski definition) is 3. The molecule has 1 aliphatic heterocycles. The maximum Gasteiger partial charge on any atom is 0.252 e. The van der Waals surface area contributed by atoms with Crippen molar-refractivity contribution < 1.29 is 8.42 Å². The van der Waals surface area contributed by atoms with E-state index in [1.54, 1.807) is 10.4 Å². The molecular formula is C12H18ClNO2S2. The van der Waals surface area contributed by atoms with Crippen molar-refractivity contribution in [1.29, 1.82) is 0 Å². The minimum Gasteiger partial charge on any atom is -0.206 e. The molecule has 0 radical (unpaired) electrons. The van der Waals surface area contributed by atoms with Crippen molar-refractivity contribution in [3.63, 3.8) is 0 Å². The van der Waals surface area contributed by atoms with Crippen LogP contribution in [0.25, 0.3) is 0 Å². The van der Waals surface area contributed by atoms with Gasteiger partial charge in [-0.15, -0.1) is 22.9 Å². The first kappa shape index (κ1) is 14.3. The van der Waals surface area contributed by atoms with Crippen molar-refractivity contribution in [2.45, 2.75) is 36.3 Å². The third-order valence-corrected chi connectivity index (χ3v) is 7.03. The molecule has 102 valence electrons. The highest BCUT2D eigenvalue weighted by molar-refractivity contribution is 7.91. The number of nitrogens with zero attached hydrogens (tertiary/aromatic N) is 1. The second-order valence-corrected chi connectivity index (χ2v) is 8.19. The fourth-order valence-electron chi connectivity index (χ4n) is 2.16. The Morgan fingerprint density at radius 1 is 1.44 bits per heavy atom. The maximum atomic E-state index is 12.5. The highest BCUT2D eigenvalue weighted by Crippen LogP contribution is 2.27. The quantitative estimate of drug-likeness (QED) is 0.804. The number of hydrogen-bond donors (Lipinski definition) is 0. The van der Waals surface area contributed by atoms with Gasteiger partial charge in [-0.2, -0.15) is 4.31 Å². The monoisotopic (exact) mass is 307 g/mol. The van der Waals surface area contributed by atoms with Crippen molar-refractivity contribution in [1.82, 2.24) is 4.31 Å². The van der Waals surface area contributed by atoms with Crippen LogP contribution in [0.5, 0.6) is 0 Å². The van der Waals surface area contributed by atoms with Gasteiger partial charge in [0.05, 0.1) is 0 Å². The van der Waals surface area contributed by atoms with Crippen LogP contribution in [0, 0.1) is 5.92 Å². The lowest BCUT2D eigenvalue weighted by Gasteiger charge is -2.18. The van der Waals surface area contributed by atoms with E-state index in [2.05, 4.69) is 6.92 Å². The molecule has 0 aromatic carbocycles. The Bertz CT molecular complexity index is 498. The molecule has 0 N–H and O–H groups in total. The van der Waals surface area contributed by atoms with Crippen molar-refractivity contribution in [2.24, 2.45) is 5.92 Å². The summed E-state index contributed by atoms with van der Waals surface area (Å²) in [7, 11) is -3.30. The average molecular weight is 308 g/mol. The van der Waals surface area contributed by atoms with Crippen molar-refractivity contribution in [3.8, 4) is 0 Å². The number of rotatable bonds is 3. The van der Waals surface area contributed by atoms with Crippen molar-refractivity contribution in [3.05, 3.63) is 17.0 Å². The first-order chi connectivity index (χ1) is 8.54. The highest BCUT2D eigenvalue weighted by Gasteiger charge is 2.27. The Kier molecular flexibility index (Phi) is 4.69. The Hall–Kier alpha value is -0.100. The lowest BCUT2D eigenvalue weighted by molar-refractivity contribution is 0.418. The van der Waals surface area contributed by atoms with Gasteiger partial charge in [0.15, 0.2) is 0 Å². The minimum atomic E-state index is -3.30. The van der Waals surface area contributed by atoms with Crippen LogP contribution >= 0.6 is 22.9 Å². The van der Waals surface area contributed by atoms with Crippen LogP contribution in [0.1, 0.15) is 31.7 Å². The Balaban J connectivity index is 2.19. The van der Waals surface area contributed by atoms with E-state index < -0.39 is 10.0 Å². The van der Waals surface area contributed by atoms with Crippen LogP contribution in [-0.2, 0) is 15.9 Å². The van der Waals surface area contributed by atoms with Crippen LogP contribution in [-0.4, -0.2) is 25.8 Å². The van der Waals surface area contributed by atoms with Gasteiger partial charge in [-0.3, -0.25) is 0 Å². The molecule has 1 atom stereocenters. The summed E-state index contributed by atoms with van der Waals surface area (Å²) >= 11 is 6.99. The highest BCUT2D eigenvalue weighted by atomic mass is 35.5. The van der Waals surface area contributed by atoms with Crippen molar-refractivity contribution >= 4 is 33.0 Å². The van der Waals surface area contributed by atoms with E-state index in [4.69, 9.17) is 11.6 Å². The molecular weight excluding hydrogens is 290 g/mol. The molecule has 0 saturated carbocycles. The molecule has 2 heterocycles. The van der Waals surface area contributed by atoms with Gasteiger partial charge < -0.3 is 0 Å². The van der Waals surface area contributed by atoms with E-state index in [9.17, 15) is 8.42 Å². The molecule has 3 nitrogen and oxygen atoms in total. The molecule has 1 unspecified atom stereocenters. The molecule has 1 fully saturated rings. The summed E-state index contributed by atoms with van der Waals surface area (Å²) in [5, 5.41) is 1.82. The predicted molar refractivity (Wildman–Crippen MR) is 75.6 cm³/mol. The molecule has 0 spiro atoms. The first-order valence-electron chi connectivity index (χ1n) is 6.17. The lowest BCUT2D eigenvalue weighted by atomic mass is 10.0. The van der Waals surface area contributed by atoms with Gasteiger partial charge in [-0.25, -0.2) is 8.42 Å². The zero-order chi connectivity index (χ0) is 13.2. The SMILES string of the molecule is CC1CCCN(S(=O)(=O)c2cc(CCl)cs2)CC1. The van der Waals surface area contributed by atoms with Gasteiger partial charge in [-0.05, 0) is 42.2 Å². The Morgan fingerprint density at radius 2 is 2.22 bits per heavy atom. The molecule has 1 aromatic rings. The van der Waals surface area contributed by atoms with Gasteiger partial charge in [0.25, 0.3) is 10.0 Å². The van der Waals surface area contributed by atoms with E-state index in [0.717, 1.165) is 24.8 Å². The third kappa shape index (κ3) is 3.07. The number of alkyl halides is 1. The normalized spacial score (nSPS) is 22.9. The van der Waals surface area contributed by atoms with E-state index >= 15 is 0 Å². The topological polar surface area (TPSA) is 37.4 Å². The predicted octanol–water partition coefficient (Wildman–Crippen LogP) is 3.30. The molecule has 1 aliphatic rings. The molecule has 0 aliphatic carbocycles. The van der Waals surface area contributed by atoms with Crippen LogP contribution in [0.3, 0.4) is 0 Å². The van der Waals surface area contributed by atoms with E-state index in [1.165, 1.54) is 11.3 Å². The summed E-state index contributed by atoms with van der Waals surface area (Å²) in [6, 6.07) is 1.70. The van der Waals surface area contributed by atoms with Gasteiger partial charge >= 0.3 is 0 Å². The minimum absolute atomic E-state index is 0.364. The number of sulfonamides is 1. The summed E-state index contributed by atoms with van der Waals surface area (Å²) in [6.07, 6.45) is 3.02. The summed E-state index contributed by atoms with van der Waals surface area (Å²) in [5.74, 6) is 0.982. The molecule has 1 aromatic heterocycles. The largest absolute Gasteiger partial charge is 0.252 e.